The van der Waals surface area contributed by atoms with Crippen molar-refractivity contribution < 1.29 is 13.5 Å². The first kappa shape index (κ1) is 12.2. The predicted octanol–water partition coefficient (Wildman–Crippen LogP) is -0.147. The van der Waals surface area contributed by atoms with Crippen LogP contribution in [0.25, 0.3) is 0 Å². The van der Waals surface area contributed by atoms with Crippen molar-refractivity contribution in [2.24, 2.45) is 0 Å². The van der Waals surface area contributed by atoms with Gasteiger partial charge in [-0.3, -0.25) is 4.68 Å². The van der Waals surface area contributed by atoms with Crippen LogP contribution in [0, 0.1) is 0 Å². The Morgan fingerprint density at radius 3 is 2.87 bits per heavy atom. The van der Waals surface area contributed by atoms with Crippen LogP contribution in [0.5, 0.6) is 0 Å². The number of aromatic nitrogens is 2. The molecular weight excluding hydrogens is 216 g/mol. The summed E-state index contributed by atoms with van der Waals surface area (Å²) >= 11 is 0. The molecule has 0 unspecified atom stereocenters. The van der Waals surface area contributed by atoms with Gasteiger partial charge in [-0.25, -0.2) is 8.42 Å². The molecule has 0 spiro atoms. The largest absolute Gasteiger partial charge is 0.396 e. The van der Waals surface area contributed by atoms with Crippen molar-refractivity contribution in [3.05, 3.63) is 18.0 Å². The van der Waals surface area contributed by atoms with E-state index in [-0.39, 0.29) is 12.4 Å². The summed E-state index contributed by atoms with van der Waals surface area (Å²) in [6.45, 7) is 0.548. The normalized spacial score (nSPS) is 11.9. The zero-order chi connectivity index (χ0) is 11.3. The Kier molecular flexibility index (Phi) is 4.28. The molecule has 0 aliphatic carbocycles. The molecule has 86 valence electrons. The summed E-state index contributed by atoms with van der Waals surface area (Å²) in [6, 6.07) is 0. The van der Waals surface area contributed by atoms with Gasteiger partial charge in [-0.2, -0.15) is 5.10 Å². The summed E-state index contributed by atoms with van der Waals surface area (Å²) < 4.78 is 23.4. The fourth-order valence-electron chi connectivity index (χ4n) is 1.20. The fraction of sp³-hybridized carbons (Fsp3) is 0.667. The number of hydrogen-bond donors (Lipinski definition) is 1. The summed E-state index contributed by atoms with van der Waals surface area (Å²) in [6.07, 6.45) is 6.22. The maximum Gasteiger partial charge on any atom is 0.149 e. The van der Waals surface area contributed by atoms with Crippen LogP contribution in [-0.4, -0.2) is 41.9 Å². The summed E-state index contributed by atoms with van der Waals surface area (Å²) in [7, 11) is -2.93. The van der Waals surface area contributed by atoms with E-state index in [0.29, 0.717) is 13.0 Å². The molecule has 0 aromatic carbocycles. The monoisotopic (exact) mass is 232 g/mol. The average molecular weight is 232 g/mol. The van der Waals surface area contributed by atoms with Crippen molar-refractivity contribution in [1.29, 1.82) is 0 Å². The zero-order valence-corrected chi connectivity index (χ0v) is 9.57. The molecular formula is C9H16N2O3S. The molecule has 0 aliphatic rings. The molecule has 6 heteroatoms. The Morgan fingerprint density at radius 1 is 1.53 bits per heavy atom. The minimum absolute atomic E-state index is 0.105. The van der Waals surface area contributed by atoms with E-state index < -0.39 is 9.84 Å². The molecule has 1 N–H and O–H groups in total. The molecule has 0 radical (unpaired) electrons. The highest BCUT2D eigenvalue weighted by atomic mass is 32.2. The van der Waals surface area contributed by atoms with Gasteiger partial charge in [0.1, 0.15) is 9.84 Å². The van der Waals surface area contributed by atoms with Crippen LogP contribution in [0.3, 0.4) is 0 Å². The van der Waals surface area contributed by atoms with Crippen molar-refractivity contribution in [3.63, 3.8) is 0 Å². The Labute approximate surface area is 89.6 Å². The van der Waals surface area contributed by atoms with Crippen LogP contribution in [0.4, 0.5) is 0 Å². The maximum atomic E-state index is 10.9. The minimum atomic E-state index is -2.93. The summed E-state index contributed by atoms with van der Waals surface area (Å²) in [5.74, 6) is 0.105. The van der Waals surface area contributed by atoms with Crippen molar-refractivity contribution in [3.8, 4) is 0 Å². The average Bonchev–Trinajstić information content (AvgIpc) is 2.58. The van der Waals surface area contributed by atoms with Gasteiger partial charge in [-0.15, -0.1) is 0 Å². The third-order valence-electron chi connectivity index (χ3n) is 2.00. The first-order valence-corrected chi connectivity index (χ1v) is 6.87. The molecule has 0 atom stereocenters. The Balaban J connectivity index is 2.46. The van der Waals surface area contributed by atoms with Gasteiger partial charge in [0, 0.05) is 19.1 Å². The highest BCUT2D eigenvalue weighted by Gasteiger charge is 2.04. The molecule has 1 aromatic heterocycles. The molecule has 0 saturated carbocycles. The second-order valence-electron chi connectivity index (χ2n) is 3.57. The van der Waals surface area contributed by atoms with Gasteiger partial charge in [0.05, 0.1) is 18.5 Å². The highest BCUT2D eigenvalue weighted by molar-refractivity contribution is 7.90. The zero-order valence-electron chi connectivity index (χ0n) is 8.76. The molecule has 1 rings (SSSR count). The quantitative estimate of drug-likeness (QED) is 0.740. The van der Waals surface area contributed by atoms with Gasteiger partial charge in [-0.1, -0.05) is 0 Å². The molecule has 1 aromatic rings. The maximum absolute atomic E-state index is 10.9. The first-order valence-electron chi connectivity index (χ1n) is 4.81. The third kappa shape index (κ3) is 4.94. The Hall–Kier alpha value is -0.880. The summed E-state index contributed by atoms with van der Waals surface area (Å²) in [5.41, 5.74) is 1.03. The van der Waals surface area contributed by atoms with Gasteiger partial charge < -0.3 is 5.11 Å². The van der Waals surface area contributed by atoms with Crippen LogP contribution in [0.2, 0.25) is 0 Å². The van der Waals surface area contributed by atoms with Crippen LogP contribution in [0.15, 0.2) is 12.4 Å². The van der Waals surface area contributed by atoms with E-state index in [0.717, 1.165) is 12.0 Å². The number of sulfone groups is 1. The third-order valence-corrected chi connectivity index (χ3v) is 2.93. The molecule has 0 saturated heterocycles. The van der Waals surface area contributed by atoms with Crippen LogP contribution >= 0.6 is 0 Å². The van der Waals surface area contributed by atoms with Gasteiger partial charge in [0.2, 0.25) is 0 Å². The molecule has 0 amide bonds. The van der Waals surface area contributed by atoms with Gasteiger partial charge in [0.15, 0.2) is 0 Å². The van der Waals surface area contributed by atoms with Gasteiger partial charge in [-0.05, 0) is 18.4 Å². The van der Waals surface area contributed by atoms with E-state index in [1.54, 1.807) is 10.9 Å². The second kappa shape index (κ2) is 5.27. The molecule has 0 aliphatic heterocycles. The first-order chi connectivity index (χ1) is 7.01. The lowest BCUT2D eigenvalue weighted by Gasteiger charge is -1.98. The van der Waals surface area contributed by atoms with Crippen molar-refractivity contribution in [2.45, 2.75) is 19.4 Å². The molecule has 0 fully saturated rings. The van der Waals surface area contributed by atoms with E-state index >= 15 is 0 Å². The SMILES string of the molecule is CS(=O)(=O)CCn1cc(CCCO)cn1. The lowest BCUT2D eigenvalue weighted by Crippen LogP contribution is -2.11. The van der Waals surface area contributed by atoms with E-state index in [9.17, 15) is 8.42 Å². The van der Waals surface area contributed by atoms with Crippen molar-refractivity contribution in [1.82, 2.24) is 9.78 Å². The van der Waals surface area contributed by atoms with Crippen LogP contribution in [-0.2, 0) is 22.8 Å². The van der Waals surface area contributed by atoms with E-state index in [4.69, 9.17) is 5.11 Å². The van der Waals surface area contributed by atoms with Crippen LogP contribution < -0.4 is 0 Å². The predicted molar refractivity (Wildman–Crippen MR) is 57.3 cm³/mol. The van der Waals surface area contributed by atoms with E-state index in [1.807, 2.05) is 6.20 Å². The molecule has 1 heterocycles. The standard InChI is InChI=1S/C9H16N2O3S/c1-15(13,14)6-4-11-8-9(7-10-11)3-2-5-12/h7-8,12H,2-6H2,1H3. The van der Waals surface area contributed by atoms with E-state index in [2.05, 4.69) is 5.10 Å². The second-order valence-corrected chi connectivity index (χ2v) is 5.83. The minimum Gasteiger partial charge on any atom is -0.396 e. The topological polar surface area (TPSA) is 72.2 Å². The number of aliphatic hydroxyl groups excluding tert-OH is 1. The number of aryl methyl sites for hydroxylation is 2. The molecule has 15 heavy (non-hydrogen) atoms. The Bertz CT molecular complexity index is 397. The lowest BCUT2D eigenvalue weighted by atomic mass is 10.2. The fourth-order valence-corrected chi connectivity index (χ4v) is 1.72. The summed E-state index contributed by atoms with van der Waals surface area (Å²) in [4.78, 5) is 0. The number of hydrogen-bond acceptors (Lipinski definition) is 4. The van der Waals surface area contributed by atoms with E-state index in [1.165, 1.54) is 6.26 Å². The van der Waals surface area contributed by atoms with Gasteiger partial charge in [0.25, 0.3) is 0 Å². The smallest absolute Gasteiger partial charge is 0.149 e. The number of aliphatic hydroxyl groups is 1. The highest BCUT2D eigenvalue weighted by Crippen LogP contribution is 2.01. The number of nitrogens with zero attached hydrogens (tertiary/aromatic N) is 2. The molecule has 0 bridgehead atoms. The summed E-state index contributed by atoms with van der Waals surface area (Å²) in [5, 5.41) is 12.7. The Morgan fingerprint density at radius 2 is 2.27 bits per heavy atom. The van der Waals surface area contributed by atoms with Gasteiger partial charge >= 0.3 is 0 Å². The lowest BCUT2D eigenvalue weighted by molar-refractivity contribution is 0.288. The molecule has 5 nitrogen and oxygen atoms in total. The van der Waals surface area contributed by atoms with Crippen LogP contribution in [0.1, 0.15) is 12.0 Å². The number of rotatable bonds is 6. The van der Waals surface area contributed by atoms with Crippen molar-refractivity contribution in [2.75, 3.05) is 18.6 Å². The van der Waals surface area contributed by atoms with Crippen molar-refractivity contribution >= 4 is 9.84 Å².